The van der Waals surface area contributed by atoms with Gasteiger partial charge in [-0.1, -0.05) is 5.92 Å². The summed E-state index contributed by atoms with van der Waals surface area (Å²) < 4.78 is 19.3. The SMILES string of the molecule is C#Cc1cc(Nc2c(N)oc3c(-c4ccncc4)nccc23)ccc1F. The maximum atomic E-state index is 13.6. The summed E-state index contributed by atoms with van der Waals surface area (Å²) >= 11 is 0. The van der Waals surface area contributed by atoms with Gasteiger partial charge in [0.1, 0.15) is 17.2 Å². The van der Waals surface area contributed by atoms with Crippen molar-refractivity contribution in [2.75, 3.05) is 11.1 Å². The third-order valence-corrected chi connectivity index (χ3v) is 3.98. The molecule has 0 amide bonds. The van der Waals surface area contributed by atoms with Crippen molar-refractivity contribution in [1.29, 1.82) is 0 Å². The van der Waals surface area contributed by atoms with Crippen molar-refractivity contribution in [2.24, 2.45) is 0 Å². The van der Waals surface area contributed by atoms with E-state index in [0.29, 0.717) is 22.7 Å². The molecule has 1 aromatic carbocycles. The van der Waals surface area contributed by atoms with E-state index in [1.165, 1.54) is 6.07 Å². The summed E-state index contributed by atoms with van der Waals surface area (Å²) in [6.45, 7) is 0. The predicted molar refractivity (Wildman–Crippen MR) is 99.3 cm³/mol. The van der Waals surface area contributed by atoms with Crippen molar-refractivity contribution in [3.8, 4) is 23.6 Å². The highest BCUT2D eigenvalue weighted by Gasteiger charge is 2.17. The van der Waals surface area contributed by atoms with E-state index < -0.39 is 5.82 Å². The molecule has 4 aromatic rings. The molecule has 3 aromatic heterocycles. The van der Waals surface area contributed by atoms with Crippen molar-refractivity contribution in [3.05, 3.63) is 66.4 Å². The first-order valence-corrected chi connectivity index (χ1v) is 7.78. The number of hydrogen-bond donors (Lipinski definition) is 2. The van der Waals surface area contributed by atoms with Gasteiger partial charge in [0.15, 0.2) is 5.58 Å². The number of aromatic nitrogens is 2. The van der Waals surface area contributed by atoms with Gasteiger partial charge in [0, 0.05) is 29.8 Å². The summed E-state index contributed by atoms with van der Waals surface area (Å²) in [4.78, 5) is 8.41. The van der Waals surface area contributed by atoms with Crippen molar-refractivity contribution in [2.45, 2.75) is 0 Å². The van der Waals surface area contributed by atoms with Crippen molar-refractivity contribution in [3.63, 3.8) is 0 Å². The molecular formula is C20H13FN4O. The number of pyridine rings is 2. The van der Waals surface area contributed by atoms with Crippen LogP contribution in [0.3, 0.4) is 0 Å². The van der Waals surface area contributed by atoms with Gasteiger partial charge in [0.05, 0.1) is 10.9 Å². The molecule has 26 heavy (non-hydrogen) atoms. The van der Waals surface area contributed by atoms with Crippen LogP contribution in [0.4, 0.5) is 21.6 Å². The average molecular weight is 344 g/mol. The molecule has 0 unspecified atom stereocenters. The lowest BCUT2D eigenvalue weighted by molar-refractivity contribution is 0.624. The minimum absolute atomic E-state index is 0.167. The van der Waals surface area contributed by atoms with Crippen molar-refractivity contribution in [1.82, 2.24) is 9.97 Å². The lowest BCUT2D eigenvalue weighted by atomic mass is 10.1. The lowest BCUT2D eigenvalue weighted by Crippen LogP contribution is -1.95. The van der Waals surface area contributed by atoms with Crippen LogP contribution in [0.1, 0.15) is 5.56 Å². The molecule has 0 bridgehead atoms. The zero-order valence-electron chi connectivity index (χ0n) is 13.5. The topological polar surface area (TPSA) is 77.0 Å². The molecule has 3 heterocycles. The van der Waals surface area contributed by atoms with Gasteiger partial charge in [-0.15, -0.1) is 6.42 Å². The number of halogens is 1. The lowest BCUT2D eigenvalue weighted by Gasteiger charge is -2.07. The van der Waals surface area contributed by atoms with E-state index in [9.17, 15) is 4.39 Å². The summed E-state index contributed by atoms with van der Waals surface area (Å²) in [7, 11) is 0. The Labute approximate surface area is 148 Å². The Bertz CT molecular complexity index is 1150. The number of rotatable bonds is 3. The second-order valence-corrected chi connectivity index (χ2v) is 5.58. The number of benzene rings is 1. The van der Waals surface area contributed by atoms with E-state index >= 15 is 0 Å². The first-order valence-electron chi connectivity index (χ1n) is 7.78. The largest absolute Gasteiger partial charge is 0.436 e. The Balaban J connectivity index is 1.82. The third kappa shape index (κ3) is 2.62. The van der Waals surface area contributed by atoms with Gasteiger partial charge in [-0.2, -0.15) is 0 Å². The summed E-state index contributed by atoms with van der Waals surface area (Å²) in [5.41, 5.74) is 9.49. The number of hydrogen-bond acceptors (Lipinski definition) is 5. The van der Waals surface area contributed by atoms with Crippen molar-refractivity contribution >= 4 is 28.2 Å². The van der Waals surface area contributed by atoms with E-state index in [1.54, 1.807) is 36.8 Å². The third-order valence-electron chi connectivity index (χ3n) is 3.98. The Hall–Kier alpha value is -3.85. The zero-order chi connectivity index (χ0) is 18.1. The summed E-state index contributed by atoms with van der Waals surface area (Å²) in [5, 5.41) is 3.91. The highest BCUT2D eigenvalue weighted by atomic mass is 19.1. The number of nitrogen functional groups attached to an aromatic ring is 1. The molecule has 0 aliphatic carbocycles. The number of nitrogens with one attached hydrogen (secondary N) is 1. The number of fused-ring (bicyclic) bond motifs is 1. The van der Waals surface area contributed by atoms with Gasteiger partial charge in [-0.05, 0) is 36.4 Å². The fraction of sp³-hybridized carbons (Fsp3) is 0. The Morgan fingerprint density at radius 3 is 2.69 bits per heavy atom. The van der Waals surface area contributed by atoms with Gasteiger partial charge in [0.25, 0.3) is 0 Å². The average Bonchev–Trinajstić information content (AvgIpc) is 2.99. The summed E-state index contributed by atoms with van der Waals surface area (Å²) in [6, 6.07) is 9.91. The molecule has 4 rings (SSSR count). The number of terminal acetylenes is 1. The second-order valence-electron chi connectivity index (χ2n) is 5.58. The summed E-state index contributed by atoms with van der Waals surface area (Å²) in [5.74, 6) is 2.06. The van der Waals surface area contributed by atoms with Crippen LogP contribution in [0.5, 0.6) is 0 Å². The Morgan fingerprint density at radius 2 is 1.92 bits per heavy atom. The van der Waals surface area contributed by atoms with Crippen LogP contribution < -0.4 is 11.1 Å². The molecule has 0 saturated heterocycles. The molecular weight excluding hydrogens is 331 g/mol. The smallest absolute Gasteiger partial charge is 0.215 e. The molecule has 0 saturated carbocycles. The van der Waals surface area contributed by atoms with Crippen LogP contribution in [0.15, 0.2) is 59.4 Å². The van der Waals surface area contributed by atoms with E-state index in [0.717, 1.165) is 10.9 Å². The van der Waals surface area contributed by atoms with Crippen LogP contribution in [0.25, 0.3) is 22.2 Å². The summed E-state index contributed by atoms with van der Waals surface area (Å²) in [6.07, 6.45) is 10.4. The molecule has 0 atom stereocenters. The van der Waals surface area contributed by atoms with Gasteiger partial charge in [0.2, 0.25) is 5.88 Å². The fourth-order valence-electron chi connectivity index (χ4n) is 2.74. The van der Waals surface area contributed by atoms with Gasteiger partial charge >= 0.3 is 0 Å². The maximum Gasteiger partial charge on any atom is 0.215 e. The number of furan rings is 1. The monoisotopic (exact) mass is 344 g/mol. The number of nitrogens with two attached hydrogens (primary N) is 1. The molecule has 126 valence electrons. The first kappa shape index (κ1) is 15.7. The van der Waals surface area contributed by atoms with Crippen LogP contribution >= 0.6 is 0 Å². The van der Waals surface area contributed by atoms with Crippen molar-refractivity contribution < 1.29 is 8.81 Å². The molecule has 0 aliphatic rings. The first-order chi connectivity index (χ1) is 12.7. The highest BCUT2D eigenvalue weighted by molar-refractivity contribution is 6.03. The van der Waals surface area contributed by atoms with E-state index in [4.69, 9.17) is 16.6 Å². The number of anilines is 3. The van der Waals surface area contributed by atoms with E-state index in [2.05, 4.69) is 21.2 Å². The normalized spacial score (nSPS) is 10.6. The fourth-order valence-corrected chi connectivity index (χ4v) is 2.74. The van der Waals surface area contributed by atoms with Crippen LogP contribution in [0, 0.1) is 18.2 Å². The standard InChI is InChI=1S/C20H13FN4O/c1-2-12-11-14(3-4-16(12)21)25-18-15-7-10-24-17(19(15)26-20(18)22)13-5-8-23-9-6-13/h1,3-11,25H,22H2. The molecule has 0 fully saturated rings. The zero-order valence-corrected chi connectivity index (χ0v) is 13.5. The van der Waals surface area contributed by atoms with Crippen LogP contribution in [0.2, 0.25) is 0 Å². The molecule has 3 N–H and O–H groups in total. The minimum atomic E-state index is -0.452. The van der Waals surface area contributed by atoms with Gasteiger partial charge in [-0.25, -0.2) is 4.39 Å². The second kappa shape index (κ2) is 6.22. The molecule has 0 aliphatic heterocycles. The maximum absolute atomic E-state index is 13.6. The molecule has 6 heteroatoms. The molecule has 5 nitrogen and oxygen atoms in total. The molecule has 0 radical (unpaired) electrons. The minimum Gasteiger partial charge on any atom is -0.436 e. The Morgan fingerprint density at radius 1 is 1.12 bits per heavy atom. The highest BCUT2D eigenvalue weighted by Crippen LogP contribution is 2.39. The van der Waals surface area contributed by atoms with Crippen LogP contribution in [-0.2, 0) is 0 Å². The number of nitrogens with zero attached hydrogens (tertiary/aromatic N) is 2. The predicted octanol–water partition coefficient (Wildman–Crippen LogP) is 4.34. The van der Waals surface area contributed by atoms with Gasteiger partial charge < -0.3 is 15.5 Å². The van der Waals surface area contributed by atoms with E-state index in [1.807, 2.05) is 12.1 Å². The quantitative estimate of drug-likeness (QED) is 0.541. The van der Waals surface area contributed by atoms with Crippen LogP contribution in [-0.4, -0.2) is 9.97 Å². The molecule has 0 spiro atoms. The Kier molecular flexibility index (Phi) is 3.75. The van der Waals surface area contributed by atoms with Gasteiger partial charge in [-0.3, -0.25) is 9.97 Å². The van der Waals surface area contributed by atoms with E-state index in [-0.39, 0.29) is 11.4 Å².